The van der Waals surface area contributed by atoms with Crippen molar-refractivity contribution >= 4 is 5.97 Å². The first kappa shape index (κ1) is 13.1. The minimum Gasteiger partial charge on any atom is -0.480 e. The number of likely N-dealkylation sites (tertiary alicyclic amines) is 1. The Morgan fingerprint density at radius 1 is 1.50 bits per heavy atom. The van der Waals surface area contributed by atoms with Gasteiger partial charge >= 0.3 is 5.97 Å². The lowest BCUT2D eigenvalue weighted by Crippen LogP contribution is -2.40. The van der Waals surface area contributed by atoms with E-state index < -0.39 is 5.97 Å². The summed E-state index contributed by atoms with van der Waals surface area (Å²) < 4.78 is 0. The predicted molar refractivity (Wildman–Crippen MR) is 71.5 cm³/mol. The van der Waals surface area contributed by atoms with Crippen molar-refractivity contribution in [3.8, 4) is 0 Å². The molecule has 3 nitrogen and oxygen atoms in total. The smallest absolute Gasteiger partial charge is 0.321 e. The van der Waals surface area contributed by atoms with Crippen molar-refractivity contribution in [1.29, 1.82) is 0 Å². The Balaban J connectivity index is 2.23. The molecule has 0 spiro atoms. The second-order valence-corrected chi connectivity index (χ2v) is 5.38. The van der Waals surface area contributed by atoms with Crippen LogP contribution < -0.4 is 0 Å². The van der Waals surface area contributed by atoms with Crippen LogP contribution in [0.3, 0.4) is 0 Å². The van der Waals surface area contributed by atoms with E-state index in [4.69, 9.17) is 0 Å². The van der Waals surface area contributed by atoms with Gasteiger partial charge in [0, 0.05) is 6.04 Å². The van der Waals surface area contributed by atoms with Gasteiger partial charge in [0.25, 0.3) is 0 Å². The topological polar surface area (TPSA) is 40.5 Å². The fourth-order valence-electron chi connectivity index (χ4n) is 2.92. The van der Waals surface area contributed by atoms with Crippen molar-refractivity contribution in [2.24, 2.45) is 5.92 Å². The number of aliphatic carboxylic acids is 1. The summed E-state index contributed by atoms with van der Waals surface area (Å²) in [5.41, 5.74) is 2.42. The number of carboxylic acids is 1. The normalized spacial score (nSPS) is 26.2. The lowest BCUT2D eigenvalue weighted by molar-refractivity contribution is -0.144. The Hall–Kier alpha value is -1.35. The molecule has 1 aliphatic heterocycles. The van der Waals surface area contributed by atoms with Gasteiger partial charge in [-0.15, -0.1) is 0 Å². The maximum Gasteiger partial charge on any atom is 0.321 e. The highest BCUT2D eigenvalue weighted by Crippen LogP contribution is 2.32. The molecule has 1 heterocycles. The van der Waals surface area contributed by atoms with Crippen molar-refractivity contribution in [1.82, 2.24) is 4.90 Å². The zero-order valence-corrected chi connectivity index (χ0v) is 11.3. The van der Waals surface area contributed by atoms with E-state index in [2.05, 4.69) is 36.9 Å². The lowest BCUT2D eigenvalue weighted by atomic mass is 10.0. The third kappa shape index (κ3) is 2.41. The van der Waals surface area contributed by atoms with Gasteiger partial charge in [-0.25, -0.2) is 0 Å². The lowest BCUT2D eigenvalue weighted by Gasteiger charge is -2.30. The van der Waals surface area contributed by atoms with Crippen LogP contribution in [0.25, 0.3) is 0 Å². The third-order valence-corrected chi connectivity index (χ3v) is 4.01. The Bertz CT molecular complexity index is 444. The maximum atomic E-state index is 11.4. The van der Waals surface area contributed by atoms with E-state index in [1.54, 1.807) is 0 Å². The van der Waals surface area contributed by atoms with Crippen LogP contribution in [-0.2, 0) is 4.79 Å². The standard InChI is InChI=1S/C15H21NO2/c1-10-5-4-6-13(9-10)12(3)16-8-7-11(2)14(16)15(17)18/h4-6,9,11-12,14H,7-8H2,1-3H3,(H,17,18). The fourth-order valence-corrected chi connectivity index (χ4v) is 2.92. The average molecular weight is 247 g/mol. The van der Waals surface area contributed by atoms with Crippen molar-refractivity contribution in [3.05, 3.63) is 35.4 Å². The van der Waals surface area contributed by atoms with Gasteiger partial charge in [-0.2, -0.15) is 0 Å². The van der Waals surface area contributed by atoms with Crippen molar-refractivity contribution in [3.63, 3.8) is 0 Å². The molecule has 3 heteroatoms. The molecule has 98 valence electrons. The van der Waals surface area contributed by atoms with Gasteiger partial charge in [-0.1, -0.05) is 36.8 Å². The van der Waals surface area contributed by atoms with Gasteiger partial charge in [0.2, 0.25) is 0 Å². The molecule has 1 aromatic carbocycles. The van der Waals surface area contributed by atoms with Crippen LogP contribution in [0, 0.1) is 12.8 Å². The number of carbonyl (C=O) groups is 1. The summed E-state index contributed by atoms with van der Waals surface area (Å²) >= 11 is 0. The monoisotopic (exact) mass is 247 g/mol. The van der Waals surface area contributed by atoms with Crippen LogP contribution in [0.2, 0.25) is 0 Å². The Morgan fingerprint density at radius 3 is 2.83 bits per heavy atom. The van der Waals surface area contributed by atoms with Gasteiger partial charge in [-0.3, -0.25) is 9.69 Å². The van der Waals surface area contributed by atoms with E-state index in [0.29, 0.717) is 0 Å². The number of hydrogen-bond acceptors (Lipinski definition) is 2. The first-order valence-corrected chi connectivity index (χ1v) is 6.56. The molecule has 0 aliphatic carbocycles. The minimum absolute atomic E-state index is 0.163. The number of aryl methyl sites for hydroxylation is 1. The quantitative estimate of drug-likeness (QED) is 0.893. The summed E-state index contributed by atoms with van der Waals surface area (Å²) in [6, 6.07) is 8.15. The summed E-state index contributed by atoms with van der Waals surface area (Å²) in [4.78, 5) is 13.5. The zero-order chi connectivity index (χ0) is 13.3. The summed E-state index contributed by atoms with van der Waals surface area (Å²) in [5, 5.41) is 9.36. The zero-order valence-electron chi connectivity index (χ0n) is 11.3. The highest BCUT2D eigenvalue weighted by molar-refractivity contribution is 5.74. The summed E-state index contributed by atoms with van der Waals surface area (Å²) in [6.07, 6.45) is 0.965. The summed E-state index contributed by atoms with van der Waals surface area (Å²) in [7, 11) is 0. The molecular weight excluding hydrogens is 226 g/mol. The predicted octanol–water partition coefficient (Wildman–Crippen LogP) is 2.85. The van der Waals surface area contributed by atoms with Gasteiger partial charge in [0.1, 0.15) is 6.04 Å². The highest BCUT2D eigenvalue weighted by atomic mass is 16.4. The molecule has 1 saturated heterocycles. The molecule has 1 aliphatic rings. The molecule has 18 heavy (non-hydrogen) atoms. The summed E-state index contributed by atoms with van der Waals surface area (Å²) in [5.74, 6) is -0.464. The molecule has 1 aromatic rings. The molecule has 1 fully saturated rings. The number of nitrogens with zero attached hydrogens (tertiary/aromatic N) is 1. The van der Waals surface area contributed by atoms with Crippen LogP contribution in [0.1, 0.15) is 37.4 Å². The van der Waals surface area contributed by atoms with Gasteiger partial charge < -0.3 is 5.11 Å². The van der Waals surface area contributed by atoms with Crippen LogP contribution >= 0.6 is 0 Å². The van der Waals surface area contributed by atoms with Crippen LogP contribution in [0.4, 0.5) is 0 Å². The van der Waals surface area contributed by atoms with Crippen LogP contribution in [0.15, 0.2) is 24.3 Å². The van der Waals surface area contributed by atoms with E-state index in [9.17, 15) is 9.90 Å². The molecule has 3 unspecified atom stereocenters. The Kier molecular flexibility index (Phi) is 3.71. The Morgan fingerprint density at radius 2 is 2.22 bits per heavy atom. The van der Waals surface area contributed by atoms with E-state index in [1.165, 1.54) is 11.1 Å². The van der Waals surface area contributed by atoms with Gasteiger partial charge in [0.05, 0.1) is 0 Å². The molecule has 1 N–H and O–H groups in total. The minimum atomic E-state index is -0.695. The SMILES string of the molecule is Cc1cccc(C(C)N2CCC(C)C2C(=O)O)c1. The molecule has 0 saturated carbocycles. The number of benzene rings is 1. The highest BCUT2D eigenvalue weighted by Gasteiger charge is 2.39. The van der Waals surface area contributed by atoms with Gasteiger partial charge in [0.15, 0.2) is 0 Å². The van der Waals surface area contributed by atoms with Crippen molar-refractivity contribution < 1.29 is 9.90 Å². The molecular formula is C15H21NO2. The number of rotatable bonds is 3. The maximum absolute atomic E-state index is 11.4. The van der Waals surface area contributed by atoms with Crippen molar-refractivity contribution in [2.75, 3.05) is 6.54 Å². The van der Waals surface area contributed by atoms with E-state index in [-0.39, 0.29) is 18.0 Å². The Labute approximate surface area is 108 Å². The first-order valence-electron chi connectivity index (χ1n) is 6.56. The van der Waals surface area contributed by atoms with Crippen LogP contribution in [-0.4, -0.2) is 28.6 Å². The first-order chi connectivity index (χ1) is 8.50. The van der Waals surface area contributed by atoms with Crippen molar-refractivity contribution in [2.45, 2.75) is 39.3 Å². The van der Waals surface area contributed by atoms with E-state index in [1.807, 2.05) is 13.0 Å². The van der Waals surface area contributed by atoms with E-state index >= 15 is 0 Å². The molecule has 0 aromatic heterocycles. The molecule has 0 radical (unpaired) electrons. The average Bonchev–Trinajstić information content (AvgIpc) is 2.70. The fraction of sp³-hybridized carbons (Fsp3) is 0.533. The molecule has 3 atom stereocenters. The van der Waals surface area contributed by atoms with E-state index in [0.717, 1.165) is 13.0 Å². The third-order valence-electron chi connectivity index (χ3n) is 4.01. The summed E-state index contributed by atoms with van der Waals surface area (Å²) in [6.45, 7) is 7.06. The molecule has 0 bridgehead atoms. The van der Waals surface area contributed by atoms with Gasteiger partial charge in [-0.05, 0) is 38.3 Å². The largest absolute Gasteiger partial charge is 0.480 e. The molecule has 2 rings (SSSR count). The number of carboxylic acid groups (broad SMARTS) is 1. The second-order valence-electron chi connectivity index (χ2n) is 5.38. The number of hydrogen-bond donors (Lipinski definition) is 1. The molecule has 0 amide bonds. The van der Waals surface area contributed by atoms with Crippen LogP contribution in [0.5, 0.6) is 0 Å². The second kappa shape index (κ2) is 5.11.